The Morgan fingerprint density at radius 2 is 0.800 bits per heavy atom. The van der Waals surface area contributed by atoms with Gasteiger partial charge in [-0.25, -0.2) is 0 Å². The first-order valence-electron chi connectivity index (χ1n) is 17.0. The summed E-state index contributed by atoms with van der Waals surface area (Å²) >= 11 is 0. The van der Waals surface area contributed by atoms with E-state index < -0.39 is 0 Å². The lowest BCUT2D eigenvalue weighted by molar-refractivity contribution is 0.669. The molecular weight excluding hydrogens is 607 g/mol. The number of para-hydroxylation sites is 2. The van der Waals surface area contributed by atoms with E-state index in [2.05, 4.69) is 199 Å². The van der Waals surface area contributed by atoms with Crippen LogP contribution in [0.3, 0.4) is 0 Å². The molecule has 9 aromatic rings. The van der Waals surface area contributed by atoms with Gasteiger partial charge in [-0.15, -0.1) is 0 Å². The third-order valence-corrected chi connectivity index (χ3v) is 9.50. The van der Waals surface area contributed by atoms with E-state index in [1.54, 1.807) is 0 Å². The summed E-state index contributed by atoms with van der Waals surface area (Å²) in [7, 11) is 0. The van der Waals surface area contributed by atoms with Gasteiger partial charge >= 0.3 is 0 Å². The van der Waals surface area contributed by atoms with Crippen LogP contribution in [0.1, 0.15) is 0 Å². The first-order chi connectivity index (χ1) is 24.8. The van der Waals surface area contributed by atoms with Crippen LogP contribution in [-0.2, 0) is 0 Å². The number of anilines is 3. The highest BCUT2D eigenvalue weighted by Gasteiger charge is 2.23. The molecule has 0 aliphatic carbocycles. The van der Waals surface area contributed by atoms with Crippen molar-refractivity contribution in [1.29, 1.82) is 0 Å². The van der Waals surface area contributed by atoms with Crippen LogP contribution in [0.15, 0.2) is 205 Å². The standard InChI is InChI=1S/C48H33NO/c1-3-17-34(18-4-1)38-23-7-8-25-40(38)36-21-15-22-37(33-36)49(45-30-16-32-47-48(45)43-28-12-14-31-46(43)50-47)44-29-13-11-27-42(44)41-26-10-9-24-39(41)35-19-5-2-6-20-35/h1-33H. The molecule has 1 heterocycles. The minimum Gasteiger partial charge on any atom is -0.456 e. The molecule has 0 aliphatic rings. The third kappa shape index (κ3) is 5.24. The second-order valence-corrected chi connectivity index (χ2v) is 12.5. The Morgan fingerprint density at radius 1 is 0.320 bits per heavy atom. The molecular formula is C48H33NO. The zero-order valence-electron chi connectivity index (χ0n) is 27.4. The molecule has 236 valence electrons. The Kier molecular flexibility index (Phi) is 7.53. The van der Waals surface area contributed by atoms with Crippen LogP contribution in [0, 0.1) is 0 Å². The molecule has 0 saturated carbocycles. The molecule has 9 rings (SSSR count). The van der Waals surface area contributed by atoms with E-state index in [0.29, 0.717) is 0 Å². The summed E-state index contributed by atoms with van der Waals surface area (Å²) in [5.74, 6) is 0. The van der Waals surface area contributed by atoms with Gasteiger partial charge in [-0.1, -0.05) is 164 Å². The molecule has 0 unspecified atom stereocenters. The average Bonchev–Trinajstić information content (AvgIpc) is 3.59. The molecule has 0 aliphatic heterocycles. The second-order valence-electron chi connectivity index (χ2n) is 12.5. The molecule has 1 aromatic heterocycles. The Balaban J connectivity index is 1.31. The Bertz CT molecular complexity index is 2600. The molecule has 2 nitrogen and oxygen atoms in total. The minimum atomic E-state index is 0.862. The van der Waals surface area contributed by atoms with E-state index in [9.17, 15) is 0 Å². The maximum absolute atomic E-state index is 6.44. The van der Waals surface area contributed by atoms with Crippen LogP contribution in [0.25, 0.3) is 66.4 Å². The zero-order chi connectivity index (χ0) is 33.3. The number of hydrogen-bond acceptors (Lipinski definition) is 2. The van der Waals surface area contributed by atoms with E-state index >= 15 is 0 Å². The van der Waals surface area contributed by atoms with Crippen molar-refractivity contribution >= 4 is 39.0 Å². The van der Waals surface area contributed by atoms with Gasteiger partial charge in [0.1, 0.15) is 11.2 Å². The topological polar surface area (TPSA) is 16.4 Å². The van der Waals surface area contributed by atoms with Crippen LogP contribution in [0.5, 0.6) is 0 Å². The molecule has 0 fully saturated rings. The van der Waals surface area contributed by atoms with Gasteiger partial charge in [0.05, 0.1) is 16.8 Å². The normalized spacial score (nSPS) is 11.2. The largest absolute Gasteiger partial charge is 0.456 e. The highest BCUT2D eigenvalue weighted by atomic mass is 16.3. The Hall–Kier alpha value is -6.64. The van der Waals surface area contributed by atoms with Gasteiger partial charge in [-0.3, -0.25) is 0 Å². The lowest BCUT2D eigenvalue weighted by atomic mass is 9.92. The molecule has 0 amide bonds. The summed E-state index contributed by atoms with van der Waals surface area (Å²) in [6.07, 6.45) is 0. The predicted octanol–water partition coefficient (Wildman–Crippen LogP) is 13.7. The highest BCUT2D eigenvalue weighted by Crippen LogP contribution is 2.48. The SMILES string of the molecule is c1ccc(-c2ccccc2-c2cccc(N(c3ccccc3-c3ccccc3-c3ccccc3)c3cccc4oc5ccccc5c34)c2)cc1. The van der Waals surface area contributed by atoms with Gasteiger partial charge in [0.25, 0.3) is 0 Å². The number of furan rings is 1. The van der Waals surface area contributed by atoms with Gasteiger partial charge in [0.2, 0.25) is 0 Å². The lowest BCUT2D eigenvalue weighted by Crippen LogP contribution is -2.12. The first kappa shape index (κ1) is 29.5. The average molecular weight is 640 g/mol. The quantitative estimate of drug-likeness (QED) is 0.173. The fraction of sp³-hybridized carbons (Fsp3) is 0. The number of hydrogen-bond donors (Lipinski definition) is 0. The van der Waals surface area contributed by atoms with Crippen molar-refractivity contribution in [2.75, 3.05) is 4.90 Å². The van der Waals surface area contributed by atoms with E-state index in [-0.39, 0.29) is 0 Å². The molecule has 0 bridgehead atoms. The second kappa shape index (κ2) is 12.8. The molecule has 2 heteroatoms. The van der Waals surface area contributed by atoms with Crippen LogP contribution in [0.4, 0.5) is 17.1 Å². The molecule has 8 aromatic carbocycles. The van der Waals surface area contributed by atoms with Crippen LogP contribution >= 0.6 is 0 Å². The first-order valence-corrected chi connectivity index (χ1v) is 17.0. The summed E-state index contributed by atoms with van der Waals surface area (Å²) in [4.78, 5) is 2.41. The molecule has 0 spiro atoms. The van der Waals surface area contributed by atoms with Crippen molar-refractivity contribution in [3.63, 3.8) is 0 Å². The number of nitrogens with zero attached hydrogens (tertiary/aromatic N) is 1. The van der Waals surface area contributed by atoms with Crippen molar-refractivity contribution < 1.29 is 4.42 Å². The molecule has 0 saturated heterocycles. The van der Waals surface area contributed by atoms with Gasteiger partial charge < -0.3 is 9.32 Å². The van der Waals surface area contributed by atoms with Crippen molar-refractivity contribution in [3.8, 4) is 44.5 Å². The molecule has 0 atom stereocenters. The van der Waals surface area contributed by atoms with Crippen molar-refractivity contribution in [1.82, 2.24) is 0 Å². The summed E-state index contributed by atoms with van der Waals surface area (Å²) < 4.78 is 6.44. The van der Waals surface area contributed by atoms with E-state index in [0.717, 1.165) is 50.1 Å². The molecule has 0 radical (unpaired) electrons. The maximum Gasteiger partial charge on any atom is 0.137 e. The summed E-state index contributed by atoms with van der Waals surface area (Å²) in [6, 6.07) is 71.1. The summed E-state index contributed by atoms with van der Waals surface area (Å²) in [6.45, 7) is 0. The van der Waals surface area contributed by atoms with Crippen LogP contribution in [0.2, 0.25) is 0 Å². The van der Waals surface area contributed by atoms with Crippen LogP contribution in [-0.4, -0.2) is 0 Å². The van der Waals surface area contributed by atoms with E-state index in [4.69, 9.17) is 4.42 Å². The van der Waals surface area contributed by atoms with Gasteiger partial charge in [0.15, 0.2) is 0 Å². The lowest BCUT2D eigenvalue weighted by Gasteiger charge is -2.29. The third-order valence-electron chi connectivity index (χ3n) is 9.50. The van der Waals surface area contributed by atoms with Crippen molar-refractivity contribution in [2.24, 2.45) is 0 Å². The Morgan fingerprint density at radius 3 is 1.52 bits per heavy atom. The number of benzene rings is 8. The summed E-state index contributed by atoms with van der Waals surface area (Å²) in [5.41, 5.74) is 14.4. The van der Waals surface area contributed by atoms with E-state index in [1.807, 2.05) is 6.07 Å². The number of rotatable bonds is 7. The molecule has 0 N–H and O–H groups in total. The predicted molar refractivity (Wildman–Crippen MR) is 210 cm³/mol. The van der Waals surface area contributed by atoms with Crippen molar-refractivity contribution in [2.45, 2.75) is 0 Å². The monoisotopic (exact) mass is 639 g/mol. The van der Waals surface area contributed by atoms with Crippen molar-refractivity contribution in [3.05, 3.63) is 200 Å². The van der Waals surface area contributed by atoms with Gasteiger partial charge in [-0.05, 0) is 75.3 Å². The zero-order valence-corrected chi connectivity index (χ0v) is 27.4. The fourth-order valence-corrected chi connectivity index (χ4v) is 7.25. The smallest absolute Gasteiger partial charge is 0.137 e. The highest BCUT2D eigenvalue weighted by molar-refractivity contribution is 6.14. The van der Waals surface area contributed by atoms with Crippen LogP contribution < -0.4 is 4.90 Å². The Labute approximate surface area is 292 Å². The maximum atomic E-state index is 6.44. The summed E-state index contributed by atoms with van der Waals surface area (Å²) in [5, 5.41) is 2.18. The van der Waals surface area contributed by atoms with E-state index in [1.165, 1.54) is 33.4 Å². The van der Waals surface area contributed by atoms with Gasteiger partial charge in [0, 0.05) is 16.6 Å². The fourth-order valence-electron chi connectivity index (χ4n) is 7.25. The molecule has 50 heavy (non-hydrogen) atoms. The number of fused-ring (bicyclic) bond motifs is 3. The van der Waals surface area contributed by atoms with Gasteiger partial charge in [-0.2, -0.15) is 0 Å². The minimum absolute atomic E-state index is 0.862.